The average molecular weight is 1060 g/mol. The lowest BCUT2D eigenvalue weighted by Crippen LogP contribution is -2.46. The highest BCUT2D eigenvalue weighted by Crippen LogP contribution is 2.38. The highest BCUT2D eigenvalue weighted by atomic mass is 31.2. The van der Waals surface area contributed by atoms with Crippen molar-refractivity contribution in [3.63, 3.8) is 0 Å². The van der Waals surface area contributed by atoms with E-state index in [0.717, 1.165) is 70.6 Å². The Kier molecular flexibility index (Phi) is 54.6. The molecule has 0 radical (unpaired) electrons. The number of carbonyl (C=O) groups excluding carboxylic acids is 1. The molecule has 2 N–H and O–H groups in total. The lowest BCUT2D eigenvalue weighted by atomic mass is 10.0. The van der Waals surface area contributed by atoms with Gasteiger partial charge in [-0.25, -0.2) is 0 Å². The van der Waals surface area contributed by atoms with Gasteiger partial charge in [-0.15, -0.1) is 0 Å². The number of phosphoric acid groups is 1. The van der Waals surface area contributed by atoms with Crippen LogP contribution in [0.25, 0.3) is 0 Å². The van der Waals surface area contributed by atoms with E-state index in [0.29, 0.717) is 23.9 Å². The van der Waals surface area contributed by atoms with Gasteiger partial charge >= 0.3 is 0 Å². The number of amides is 1. The Hall–Kier alpha value is -1.80. The number of carbonyl (C=O) groups is 1. The molecule has 0 heterocycles. The molecule has 0 rings (SSSR count). The molecule has 0 aliphatic heterocycles. The quantitative estimate of drug-likeness (QED) is 0.0272. The van der Waals surface area contributed by atoms with Crippen LogP contribution in [0.5, 0.6) is 0 Å². The van der Waals surface area contributed by atoms with Gasteiger partial charge in [0.2, 0.25) is 5.91 Å². The molecular weight excluding hydrogens is 936 g/mol. The lowest BCUT2D eigenvalue weighted by molar-refractivity contribution is -0.870. The molecule has 3 atom stereocenters. The van der Waals surface area contributed by atoms with E-state index in [1.54, 1.807) is 0 Å². The summed E-state index contributed by atoms with van der Waals surface area (Å²) in [5.41, 5.74) is 0. The number of nitrogens with zero attached hydrogens (tertiary/aromatic N) is 1. The number of unbranched alkanes of at least 4 members (excludes halogenated alkanes) is 35. The lowest BCUT2D eigenvalue weighted by Gasteiger charge is -2.30. The van der Waals surface area contributed by atoms with Crippen molar-refractivity contribution in [2.24, 2.45) is 0 Å². The van der Waals surface area contributed by atoms with Crippen LogP contribution in [0.4, 0.5) is 0 Å². The second-order valence-electron chi connectivity index (χ2n) is 22.7. The molecule has 0 saturated heterocycles. The van der Waals surface area contributed by atoms with E-state index >= 15 is 0 Å². The second-order valence-corrected chi connectivity index (χ2v) is 24.2. The van der Waals surface area contributed by atoms with Crippen molar-refractivity contribution < 1.29 is 32.9 Å². The Morgan fingerprint density at radius 3 is 1.20 bits per heavy atom. The number of quaternary nitrogens is 1. The Morgan fingerprint density at radius 2 is 0.824 bits per heavy atom. The molecule has 1 amide bonds. The first-order chi connectivity index (χ1) is 36.0. The number of phosphoric ester groups is 1. The Bertz CT molecular complexity index is 1390. The van der Waals surface area contributed by atoms with E-state index in [1.807, 2.05) is 21.1 Å². The van der Waals surface area contributed by atoms with Crippen LogP contribution in [0.1, 0.15) is 296 Å². The minimum absolute atomic E-state index is 0.0103. The third-order valence-corrected chi connectivity index (χ3v) is 15.2. The van der Waals surface area contributed by atoms with Gasteiger partial charge in [0.25, 0.3) is 7.82 Å². The first-order valence-corrected chi connectivity index (χ1v) is 33.1. The van der Waals surface area contributed by atoms with Gasteiger partial charge in [-0.3, -0.25) is 9.36 Å². The van der Waals surface area contributed by atoms with E-state index in [1.165, 1.54) is 199 Å². The topological polar surface area (TPSA) is 108 Å². The van der Waals surface area contributed by atoms with Crippen molar-refractivity contribution in [2.45, 2.75) is 309 Å². The number of hydrogen-bond donors (Lipinski definition) is 2. The molecule has 0 saturated carbocycles. The summed E-state index contributed by atoms with van der Waals surface area (Å²) in [5.74, 6) is -0.166. The normalized spacial score (nSPS) is 14.2. The monoisotopic (exact) mass is 1060 g/mol. The summed E-state index contributed by atoms with van der Waals surface area (Å²) in [4.78, 5) is 25.6. The summed E-state index contributed by atoms with van der Waals surface area (Å²) in [6.45, 7) is 4.64. The number of hydrogen-bond acceptors (Lipinski definition) is 6. The molecule has 3 unspecified atom stereocenters. The highest BCUT2D eigenvalue weighted by Gasteiger charge is 2.24. The number of aliphatic hydroxyl groups is 1. The van der Waals surface area contributed by atoms with Crippen LogP contribution < -0.4 is 10.2 Å². The number of likely N-dealkylation sites (N-methyl/N-ethyl adjacent to an activating group) is 1. The number of aliphatic hydroxyl groups excluding tert-OH is 1. The summed E-state index contributed by atoms with van der Waals surface area (Å²) >= 11 is 0. The molecule has 0 aliphatic rings. The molecule has 74 heavy (non-hydrogen) atoms. The first-order valence-electron chi connectivity index (χ1n) is 31.6. The van der Waals surface area contributed by atoms with E-state index < -0.39 is 20.0 Å². The van der Waals surface area contributed by atoms with Gasteiger partial charge in [-0.2, -0.15) is 0 Å². The molecule has 0 aromatic rings. The number of nitrogens with one attached hydrogen (secondary N) is 1. The third-order valence-electron chi connectivity index (χ3n) is 14.3. The fraction of sp³-hybridized carbons (Fsp3) is 0.831. The predicted octanol–water partition coefficient (Wildman–Crippen LogP) is 19.0. The van der Waals surface area contributed by atoms with Crippen LogP contribution in [0.2, 0.25) is 0 Å². The molecule has 0 fully saturated rings. The third kappa shape index (κ3) is 57.9. The summed E-state index contributed by atoms with van der Waals surface area (Å²) in [6, 6.07) is -0.806. The average Bonchev–Trinajstić information content (AvgIpc) is 3.36. The maximum atomic E-state index is 13.0. The molecule has 9 heteroatoms. The van der Waals surface area contributed by atoms with Crippen molar-refractivity contribution in [1.29, 1.82) is 0 Å². The van der Waals surface area contributed by atoms with Crippen molar-refractivity contribution in [3.8, 4) is 0 Å². The van der Waals surface area contributed by atoms with E-state index in [4.69, 9.17) is 9.05 Å². The van der Waals surface area contributed by atoms with E-state index in [9.17, 15) is 19.4 Å². The van der Waals surface area contributed by atoms with Crippen LogP contribution in [0, 0.1) is 0 Å². The molecule has 8 nitrogen and oxygen atoms in total. The molecular formula is C65H123N2O6P. The highest BCUT2D eigenvalue weighted by molar-refractivity contribution is 7.45. The Morgan fingerprint density at radius 1 is 0.486 bits per heavy atom. The zero-order chi connectivity index (χ0) is 54.2. The standard InChI is InChI=1S/C65H123N2O6P/c1-6-8-10-12-14-16-18-20-22-24-26-28-30-32-33-35-37-39-41-43-45-47-49-51-53-55-57-59-65(69)66-63(62-73-74(70,71)72-61-60-67(3,4)5)64(68)58-56-54-52-50-48-46-44-42-40-38-36-34-31-29-27-25-23-21-19-17-15-13-11-9-7-2/h8,10,14,16,20,22,26,28,32-33,63-64,68H,6-7,9,11-13,15,17-19,21,23-25,27,29-31,34-62H2,1-5H3,(H-,66,69,70,71)/b10-8-,16-14-,22-20-,28-26-,33-32-. The summed E-state index contributed by atoms with van der Waals surface area (Å²) in [5, 5.41) is 14.1. The fourth-order valence-electron chi connectivity index (χ4n) is 9.36. The largest absolute Gasteiger partial charge is 0.756 e. The van der Waals surface area contributed by atoms with Gasteiger partial charge in [-0.05, 0) is 57.8 Å². The van der Waals surface area contributed by atoms with Crippen molar-refractivity contribution in [2.75, 3.05) is 40.9 Å². The van der Waals surface area contributed by atoms with Gasteiger partial charge in [0.15, 0.2) is 0 Å². The minimum Gasteiger partial charge on any atom is -0.756 e. The number of allylic oxidation sites excluding steroid dienone is 10. The molecule has 0 aliphatic carbocycles. The smallest absolute Gasteiger partial charge is 0.268 e. The Labute approximate surface area is 460 Å². The van der Waals surface area contributed by atoms with Crippen LogP contribution in [-0.4, -0.2) is 68.5 Å². The van der Waals surface area contributed by atoms with Gasteiger partial charge in [-0.1, -0.05) is 293 Å². The summed E-state index contributed by atoms with van der Waals surface area (Å²) in [6.07, 6.45) is 75.5. The molecule has 0 bridgehead atoms. The second kappa shape index (κ2) is 55.9. The SMILES string of the molecule is CC/C=C\C/C=C\C/C=C\C/C=C\C/C=C\CCCCCCCCCCCCCC(=O)NC(COP(=O)([O-])OCC[N+](C)(C)C)C(O)CCCCCCCCCCCCCCCCCCCCCCCCCCC. The first kappa shape index (κ1) is 72.2. The van der Waals surface area contributed by atoms with Crippen molar-refractivity contribution in [3.05, 3.63) is 60.8 Å². The molecule has 0 aromatic carbocycles. The maximum Gasteiger partial charge on any atom is 0.268 e. The van der Waals surface area contributed by atoms with Crippen molar-refractivity contribution in [1.82, 2.24) is 5.32 Å². The van der Waals surface area contributed by atoms with E-state index in [2.05, 4.69) is 79.9 Å². The van der Waals surface area contributed by atoms with Crippen LogP contribution in [0.15, 0.2) is 60.8 Å². The van der Waals surface area contributed by atoms with E-state index in [-0.39, 0.29) is 19.1 Å². The van der Waals surface area contributed by atoms with Gasteiger partial charge in [0.1, 0.15) is 13.2 Å². The van der Waals surface area contributed by atoms with Gasteiger partial charge in [0.05, 0.1) is 39.9 Å². The minimum atomic E-state index is -4.58. The zero-order valence-corrected chi connectivity index (χ0v) is 50.4. The summed E-state index contributed by atoms with van der Waals surface area (Å²) in [7, 11) is 1.31. The van der Waals surface area contributed by atoms with Gasteiger partial charge in [0, 0.05) is 6.42 Å². The van der Waals surface area contributed by atoms with Crippen LogP contribution in [-0.2, 0) is 18.4 Å². The predicted molar refractivity (Wildman–Crippen MR) is 321 cm³/mol. The van der Waals surface area contributed by atoms with Crippen molar-refractivity contribution >= 4 is 13.7 Å². The molecule has 0 spiro atoms. The fourth-order valence-corrected chi connectivity index (χ4v) is 10.1. The number of rotatable bonds is 58. The molecule has 0 aromatic heterocycles. The Balaban J connectivity index is 4.12. The molecule has 434 valence electrons. The summed E-state index contributed by atoms with van der Waals surface area (Å²) < 4.78 is 23.5. The van der Waals surface area contributed by atoms with Gasteiger partial charge < -0.3 is 28.8 Å². The maximum absolute atomic E-state index is 13.0. The van der Waals surface area contributed by atoms with Crippen LogP contribution in [0.3, 0.4) is 0 Å². The zero-order valence-electron chi connectivity index (χ0n) is 49.5. The van der Waals surface area contributed by atoms with Crippen LogP contribution >= 0.6 is 7.82 Å².